The Labute approximate surface area is 147 Å². The van der Waals surface area contributed by atoms with Gasteiger partial charge in [0.15, 0.2) is 5.60 Å². The van der Waals surface area contributed by atoms with E-state index >= 15 is 0 Å². The van der Waals surface area contributed by atoms with Crippen molar-refractivity contribution in [3.63, 3.8) is 0 Å². The summed E-state index contributed by atoms with van der Waals surface area (Å²) in [6.07, 6.45) is 0. The maximum Gasteiger partial charge on any atom is 0.268 e. The van der Waals surface area contributed by atoms with E-state index in [0.717, 1.165) is 16.8 Å². The maximum absolute atomic E-state index is 13.3. The first-order chi connectivity index (χ1) is 12.1. The Balaban J connectivity index is 1.88. The predicted molar refractivity (Wildman–Crippen MR) is 98.3 cm³/mol. The van der Waals surface area contributed by atoms with Crippen LogP contribution >= 0.6 is 0 Å². The molecule has 1 aliphatic rings. The number of anilines is 1. The third-order valence-corrected chi connectivity index (χ3v) is 4.83. The number of fused-ring (bicyclic) bond motifs is 1. The number of carbonyl (C=O) groups excluding carboxylic acids is 1. The van der Waals surface area contributed by atoms with E-state index in [1.54, 1.807) is 17.0 Å². The van der Waals surface area contributed by atoms with E-state index in [0.29, 0.717) is 17.7 Å². The van der Waals surface area contributed by atoms with Crippen LogP contribution in [0, 0.1) is 6.92 Å². The standard InChI is InChI=1S/C22H19NO2/c1-16-9-8-14-19-20(16)23(15-17-10-4-2-5-11-17)21(24)22(19,25)18-12-6-3-7-13-18/h2-14,25H,15H2,1H3. The fraction of sp³-hybridized carbons (Fsp3) is 0.136. The van der Waals surface area contributed by atoms with Crippen molar-refractivity contribution in [3.8, 4) is 0 Å². The van der Waals surface area contributed by atoms with Gasteiger partial charge in [-0.15, -0.1) is 0 Å². The van der Waals surface area contributed by atoms with Crippen LogP contribution in [0.25, 0.3) is 0 Å². The van der Waals surface area contributed by atoms with E-state index in [1.807, 2.05) is 73.7 Å². The lowest BCUT2D eigenvalue weighted by atomic mass is 9.87. The van der Waals surface area contributed by atoms with E-state index in [-0.39, 0.29) is 5.91 Å². The van der Waals surface area contributed by atoms with Gasteiger partial charge in [0.1, 0.15) is 0 Å². The van der Waals surface area contributed by atoms with Gasteiger partial charge in [0, 0.05) is 5.56 Å². The SMILES string of the molecule is Cc1cccc2c1N(Cc1ccccc1)C(=O)C2(O)c1ccccc1. The molecular weight excluding hydrogens is 310 g/mol. The Bertz CT molecular complexity index is 921. The summed E-state index contributed by atoms with van der Waals surface area (Å²) in [4.78, 5) is 15.0. The number of aryl methyl sites for hydroxylation is 1. The highest BCUT2D eigenvalue weighted by Gasteiger charge is 2.51. The molecule has 3 aromatic carbocycles. The Hall–Kier alpha value is -2.91. The second-order valence-electron chi connectivity index (χ2n) is 6.42. The minimum Gasteiger partial charge on any atom is -0.372 e. The summed E-state index contributed by atoms with van der Waals surface area (Å²) in [5.74, 6) is -0.299. The van der Waals surface area contributed by atoms with Crippen LogP contribution in [0.5, 0.6) is 0 Å². The van der Waals surface area contributed by atoms with Crippen molar-refractivity contribution in [2.45, 2.75) is 19.1 Å². The normalized spacial score (nSPS) is 19.1. The second kappa shape index (κ2) is 5.87. The Morgan fingerprint density at radius 1 is 0.880 bits per heavy atom. The van der Waals surface area contributed by atoms with Gasteiger partial charge in [-0.2, -0.15) is 0 Å². The van der Waals surface area contributed by atoms with Crippen LogP contribution in [0.3, 0.4) is 0 Å². The van der Waals surface area contributed by atoms with E-state index in [9.17, 15) is 9.90 Å². The minimum absolute atomic E-state index is 0.299. The third-order valence-electron chi connectivity index (χ3n) is 4.83. The first kappa shape index (κ1) is 15.6. The molecule has 0 spiro atoms. The molecule has 1 heterocycles. The van der Waals surface area contributed by atoms with Crippen LogP contribution in [-0.4, -0.2) is 11.0 Å². The van der Waals surface area contributed by atoms with E-state index in [2.05, 4.69) is 0 Å². The van der Waals surface area contributed by atoms with Gasteiger partial charge in [-0.1, -0.05) is 78.9 Å². The van der Waals surface area contributed by atoms with Crippen LogP contribution in [0.4, 0.5) is 5.69 Å². The topological polar surface area (TPSA) is 40.5 Å². The Morgan fingerprint density at radius 3 is 2.20 bits per heavy atom. The van der Waals surface area contributed by atoms with E-state index in [1.165, 1.54) is 0 Å². The Morgan fingerprint density at radius 2 is 1.52 bits per heavy atom. The second-order valence-corrected chi connectivity index (χ2v) is 6.42. The van der Waals surface area contributed by atoms with Gasteiger partial charge >= 0.3 is 0 Å². The number of hydrogen-bond donors (Lipinski definition) is 1. The lowest BCUT2D eigenvalue weighted by Gasteiger charge is -2.24. The molecule has 1 atom stereocenters. The summed E-state index contributed by atoms with van der Waals surface area (Å²) >= 11 is 0. The van der Waals surface area contributed by atoms with Crippen LogP contribution in [0.1, 0.15) is 22.3 Å². The third kappa shape index (κ3) is 2.36. The van der Waals surface area contributed by atoms with Crippen LogP contribution in [0.15, 0.2) is 78.9 Å². The average molecular weight is 329 g/mol. The predicted octanol–water partition coefficient (Wildman–Crippen LogP) is 3.78. The summed E-state index contributed by atoms with van der Waals surface area (Å²) in [6, 6.07) is 24.7. The zero-order valence-electron chi connectivity index (χ0n) is 14.0. The van der Waals surface area contributed by atoms with Gasteiger partial charge < -0.3 is 10.0 Å². The van der Waals surface area contributed by atoms with Crippen molar-refractivity contribution >= 4 is 11.6 Å². The fourth-order valence-corrected chi connectivity index (χ4v) is 3.60. The highest BCUT2D eigenvalue weighted by Crippen LogP contribution is 2.46. The summed E-state index contributed by atoms with van der Waals surface area (Å²) in [5, 5.41) is 11.5. The minimum atomic E-state index is -1.64. The van der Waals surface area contributed by atoms with Gasteiger partial charge in [0.25, 0.3) is 5.91 Å². The molecule has 4 rings (SSSR count). The fourth-order valence-electron chi connectivity index (χ4n) is 3.60. The molecule has 0 aliphatic carbocycles. The van der Waals surface area contributed by atoms with Crippen molar-refractivity contribution in [3.05, 3.63) is 101 Å². The number of hydrogen-bond acceptors (Lipinski definition) is 2. The molecule has 1 unspecified atom stereocenters. The lowest BCUT2D eigenvalue weighted by molar-refractivity contribution is -0.132. The molecule has 0 fully saturated rings. The molecule has 3 aromatic rings. The van der Waals surface area contributed by atoms with Gasteiger partial charge in [-0.25, -0.2) is 0 Å². The molecular formula is C22H19NO2. The number of aliphatic hydroxyl groups is 1. The highest BCUT2D eigenvalue weighted by molar-refractivity contribution is 6.09. The molecule has 124 valence electrons. The molecule has 1 aliphatic heterocycles. The molecule has 3 heteroatoms. The quantitative estimate of drug-likeness (QED) is 0.794. The van der Waals surface area contributed by atoms with Gasteiger partial charge in [-0.05, 0) is 23.6 Å². The number of rotatable bonds is 3. The van der Waals surface area contributed by atoms with Crippen molar-refractivity contribution in [1.29, 1.82) is 0 Å². The van der Waals surface area contributed by atoms with Crippen molar-refractivity contribution in [1.82, 2.24) is 0 Å². The summed E-state index contributed by atoms with van der Waals surface area (Å²) in [6.45, 7) is 2.41. The molecule has 0 aromatic heterocycles. The molecule has 0 radical (unpaired) electrons. The first-order valence-electron chi connectivity index (χ1n) is 8.36. The number of amides is 1. The molecule has 0 bridgehead atoms. The Kier molecular flexibility index (Phi) is 3.66. The van der Waals surface area contributed by atoms with Crippen LogP contribution in [-0.2, 0) is 16.9 Å². The van der Waals surface area contributed by atoms with E-state index < -0.39 is 5.60 Å². The van der Waals surface area contributed by atoms with Gasteiger partial charge in [0.05, 0.1) is 12.2 Å². The summed E-state index contributed by atoms with van der Waals surface area (Å²) < 4.78 is 0. The number of nitrogens with zero attached hydrogens (tertiary/aromatic N) is 1. The number of para-hydroxylation sites is 1. The highest BCUT2D eigenvalue weighted by atomic mass is 16.3. The largest absolute Gasteiger partial charge is 0.372 e. The average Bonchev–Trinajstić information content (AvgIpc) is 2.87. The first-order valence-corrected chi connectivity index (χ1v) is 8.36. The molecule has 1 N–H and O–H groups in total. The van der Waals surface area contributed by atoms with E-state index in [4.69, 9.17) is 0 Å². The summed E-state index contributed by atoms with van der Waals surface area (Å²) in [7, 11) is 0. The van der Waals surface area contributed by atoms with Crippen molar-refractivity contribution in [2.75, 3.05) is 4.90 Å². The smallest absolute Gasteiger partial charge is 0.268 e. The summed E-state index contributed by atoms with van der Waals surface area (Å²) in [5.41, 5.74) is 2.43. The van der Waals surface area contributed by atoms with Gasteiger partial charge in [0.2, 0.25) is 0 Å². The molecule has 1 amide bonds. The van der Waals surface area contributed by atoms with Gasteiger partial charge in [-0.3, -0.25) is 4.79 Å². The molecule has 0 saturated carbocycles. The maximum atomic E-state index is 13.3. The number of carbonyl (C=O) groups is 1. The molecule has 3 nitrogen and oxygen atoms in total. The zero-order chi connectivity index (χ0) is 17.4. The van der Waals surface area contributed by atoms with Crippen molar-refractivity contribution < 1.29 is 9.90 Å². The lowest BCUT2D eigenvalue weighted by Crippen LogP contribution is -2.40. The van der Waals surface area contributed by atoms with Crippen LogP contribution in [0.2, 0.25) is 0 Å². The zero-order valence-corrected chi connectivity index (χ0v) is 14.0. The number of benzene rings is 3. The molecule has 25 heavy (non-hydrogen) atoms. The van der Waals surface area contributed by atoms with Crippen molar-refractivity contribution in [2.24, 2.45) is 0 Å². The monoisotopic (exact) mass is 329 g/mol. The molecule has 0 saturated heterocycles. The van der Waals surface area contributed by atoms with Crippen LogP contribution < -0.4 is 4.90 Å².